The molecule has 1 saturated heterocycles. The SMILES string of the molecule is CC1OCCC1C(NN)c1c(Br)cnn1CCN(C)C. The predicted molar refractivity (Wildman–Crippen MR) is 82.1 cm³/mol. The van der Waals surface area contributed by atoms with E-state index in [-0.39, 0.29) is 12.1 Å². The number of ether oxygens (including phenoxy) is 1. The first-order chi connectivity index (χ1) is 9.54. The van der Waals surface area contributed by atoms with Gasteiger partial charge in [0.25, 0.3) is 0 Å². The fourth-order valence-corrected chi connectivity index (χ4v) is 3.29. The zero-order valence-corrected chi connectivity index (χ0v) is 13.9. The van der Waals surface area contributed by atoms with Crippen molar-refractivity contribution in [2.45, 2.75) is 32.0 Å². The van der Waals surface area contributed by atoms with Gasteiger partial charge in [0.2, 0.25) is 0 Å². The molecule has 6 nitrogen and oxygen atoms in total. The molecule has 2 heterocycles. The van der Waals surface area contributed by atoms with Crippen molar-refractivity contribution in [1.82, 2.24) is 20.1 Å². The lowest BCUT2D eigenvalue weighted by Crippen LogP contribution is -2.38. The summed E-state index contributed by atoms with van der Waals surface area (Å²) in [4.78, 5) is 2.14. The summed E-state index contributed by atoms with van der Waals surface area (Å²) in [6.07, 6.45) is 3.07. The number of aromatic nitrogens is 2. The Balaban J connectivity index is 2.22. The Morgan fingerprint density at radius 2 is 2.40 bits per heavy atom. The lowest BCUT2D eigenvalue weighted by molar-refractivity contribution is 0.0941. The van der Waals surface area contributed by atoms with Gasteiger partial charge in [-0.2, -0.15) is 5.10 Å². The monoisotopic (exact) mass is 345 g/mol. The van der Waals surface area contributed by atoms with E-state index in [0.717, 1.165) is 36.3 Å². The Bertz CT molecular complexity index is 436. The molecule has 0 amide bonds. The van der Waals surface area contributed by atoms with Crippen LogP contribution in [0.3, 0.4) is 0 Å². The van der Waals surface area contributed by atoms with Gasteiger partial charge in [-0.15, -0.1) is 0 Å². The fraction of sp³-hybridized carbons (Fsp3) is 0.769. The maximum absolute atomic E-state index is 5.82. The number of halogens is 1. The highest BCUT2D eigenvalue weighted by atomic mass is 79.9. The van der Waals surface area contributed by atoms with Crippen molar-refractivity contribution in [3.8, 4) is 0 Å². The van der Waals surface area contributed by atoms with E-state index in [0.29, 0.717) is 5.92 Å². The van der Waals surface area contributed by atoms with Crippen LogP contribution < -0.4 is 11.3 Å². The highest BCUT2D eigenvalue weighted by Gasteiger charge is 2.35. The van der Waals surface area contributed by atoms with Crippen molar-refractivity contribution in [2.75, 3.05) is 27.2 Å². The van der Waals surface area contributed by atoms with Crippen molar-refractivity contribution in [2.24, 2.45) is 11.8 Å². The minimum atomic E-state index is 0.0477. The first kappa shape index (κ1) is 15.9. The second-order valence-electron chi connectivity index (χ2n) is 5.58. The van der Waals surface area contributed by atoms with Gasteiger partial charge in [0.1, 0.15) is 0 Å². The normalized spacial score (nSPS) is 24.5. The van der Waals surface area contributed by atoms with Crippen LogP contribution in [0.4, 0.5) is 0 Å². The molecule has 3 N–H and O–H groups in total. The lowest BCUT2D eigenvalue weighted by atomic mass is 9.91. The standard InChI is InChI=1S/C13H24BrN5O/c1-9-10(4-7-20-9)12(17-15)13-11(14)8-16-19(13)6-5-18(2)3/h8-10,12,17H,4-7,15H2,1-3H3. The van der Waals surface area contributed by atoms with E-state index in [1.165, 1.54) is 0 Å². The Kier molecular flexibility index (Phi) is 5.57. The summed E-state index contributed by atoms with van der Waals surface area (Å²) in [5.74, 6) is 6.19. The van der Waals surface area contributed by atoms with Gasteiger partial charge < -0.3 is 9.64 Å². The van der Waals surface area contributed by atoms with E-state index in [9.17, 15) is 0 Å². The maximum atomic E-state index is 5.82. The summed E-state index contributed by atoms with van der Waals surface area (Å²) in [6.45, 7) is 4.69. The van der Waals surface area contributed by atoms with Gasteiger partial charge >= 0.3 is 0 Å². The summed E-state index contributed by atoms with van der Waals surface area (Å²) in [5, 5.41) is 4.46. The molecule has 3 atom stereocenters. The van der Waals surface area contributed by atoms with Crippen molar-refractivity contribution in [3.63, 3.8) is 0 Å². The zero-order valence-electron chi connectivity index (χ0n) is 12.3. The highest BCUT2D eigenvalue weighted by Crippen LogP contribution is 2.35. The molecular formula is C13H24BrN5O. The lowest BCUT2D eigenvalue weighted by Gasteiger charge is -2.26. The second kappa shape index (κ2) is 7.00. The van der Waals surface area contributed by atoms with Crippen LogP contribution in [-0.2, 0) is 11.3 Å². The molecule has 20 heavy (non-hydrogen) atoms. The number of rotatable bonds is 6. The summed E-state index contributed by atoms with van der Waals surface area (Å²) >= 11 is 3.60. The molecule has 0 aliphatic carbocycles. The number of likely N-dealkylation sites (N-methyl/N-ethyl adjacent to an activating group) is 1. The number of hydrogen-bond donors (Lipinski definition) is 2. The molecule has 0 spiro atoms. The van der Waals surface area contributed by atoms with Gasteiger partial charge in [-0.1, -0.05) is 0 Å². The van der Waals surface area contributed by atoms with Crippen LogP contribution in [0.5, 0.6) is 0 Å². The third-order valence-corrected chi connectivity index (χ3v) is 4.54. The molecule has 1 aromatic rings. The minimum Gasteiger partial charge on any atom is -0.378 e. The van der Waals surface area contributed by atoms with Crippen molar-refractivity contribution in [3.05, 3.63) is 16.4 Å². The van der Waals surface area contributed by atoms with E-state index in [4.69, 9.17) is 10.6 Å². The van der Waals surface area contributed by atoms with Crippen molar-refractivity contribution >= 4 is 15.9 Å². The minimum absolute atomic E-state index is 0.0477. The first-order valence-electron chi connectivity index (χ1n) is 6.98. The number of nitrogens with zero attached hydrogens (tertiary/aromatic N) is 3. The average Bonchev–Trinajstić information content (AvgIpc) is 2.97. The van der Waals surface area contributed by atoms with Gasteiger partial charge in [0.05, 0.1) is 35.1 Å². The van der Waals surface area contributed by atoms with Gasteiger partial charge in [0, 0.05) is 19.1 Å². The van der Waals surface area contributed by atoms with E-state index < -0.39 is 0 Å². The van der Waals surface area contributed by atoms with Crippen LogP contribution in [-0.4, -0.2) is 48.0 Å². The molecule has 114 valence electrons. The smallest absolute Gasteiger partial charge is 0.0713 e. The van der Waals surface area contributed by atoms with Crippen LogP contribution in [0, 0.1) is 5.92 Å². The van der Waals surface area contributed by atoms with Crippen LogP contribution in [0.25, 0.3) is 0 Å². The summed E-state index contributed by atoms with van der Waals surface area (Å²) in [7, 11) is 4.12. The number of nitrogens with one attached hydrogen (secondary N) is 1. The largest absolute Gasteiger partial charge is 0.378 e. The Morgan fingerprint density at radius 1 is 1.65 bits per heavy atom. The van der Waals surface area contributed by atoms with Gasteiger partial charge in [-0.05, 0) is 43.4 Å². The fourth-order valence-electron chi connectivity index (χ4n) is 2.75. The van der Waals surface area contributed by atoms with Gasteiger partial charge in [-0.3, -0.25) is 16.0 Å². The molecule has 7 heteroatoms. The Labute approximate surface area is 128 Å². The van der Waals surface area contributed by atoms with Gasteiger partial charge in [0.15, 0.2) is 0 Å². The van der Waals surface area contributed by atoms with E-state index in [1.807, 2.05) is 10.9 Å². The molecule has 1 fully saturated rings. The van der Waals surface area contributed by atoms with Crippen LogP contribution >= 0.6 is 15.9 Å². The van der Waals surface area contributed by atoms with Crippen LogP contribution in [0.2, 0.25) is 0 Å². The second-order valence-corrected chi connectivity index (χ2v) is 6.43. The Morgan fingerprint density at radius 3 is 2.95 bits per heavy atom. The molecule has 0 saturated carbocycles. The summed E-state index contributed by atoms with van der Waals surface area (Å²) in [6, 6.07) is 0.0477. The molecule has 0 radical (unpaired) electrons. The molecule has 0 aromatic carbocycles. The summed E-state index contributed by atoms with van der Waals surface area (Å²) in [5.41, 5.74) is 4.07. The van der Waals surface area contributed by atoms with Crippen LogP contribution in [0.1, 0.15) is 25.1 Å². The molecule has 1 aliphatic heterocycles. The maximum Gasteiger partial charge on any atom is 0.0713 e. The molecular weight excluding hydrogens is 322 g/mol. The average molecular weight is 346 g/mol. The molecule has 3 unspecified atom stereocenters. The Hall–Kier alpha value is -0.470. The van der Waals surface area contributed by atoms with Crippen LogP contribution in [0.15, 0.2) is 10.7 Å². The molecule has 0 bridgehead atoms. The van der Waals surface area contributed by atoms with Gasteiger partial charge in [-0.25, -0.2) is 0 Å². The van der Waals surface area contributed by atoms with E-state index in [1.54, 1.807) is 0 Å². The number of nitrogens with two attached hydrogens (primary N) is 1. The van der Waals surface area contributed by atoms with E-state index >= 15 is 0 Å². The molecule has 1 aromatic heterocycles. The van der Waals surface area contributed by atoms with E-state index in [2.05, 4.69) is 52.4 Å². The zero-order chi connectivity index (χ0) is 14.7. The molecule has 2 rings (SSSR count). The van der Waals surface area contributed by atoms with Crippen molar-refractivity contribution in [1.29, 1.82) is 0 Å². The molecule has 1 aliphatic rings. The third-order valence-electron chi connectivity index (χ3n) is 3.93. The first-order valence-corrected chi connectivity index (χ1v) is 7.77. The van der Waals surface area contributed by atoms with Crippen molar-refractivity contribution < 1.29 is 4.74 Å². The predicted octanol–water partition coefficient (Wildman–Crippen LogP) is 1.14. The quantitative estimate of drug-likeness (QED) is 0.597. The number of hydrogen-bond acceptors (Lipinski definition) is 5. The number of hydrazine groups is 1. The summed E-state index contributed by atoms with van der Waals surface area (Å²) < 4.78 is 8.70. The third kappa shape index (κ3) is 3.40. The highest BCUT2D eigenvalue weighted by molar-refractivity contribution is 9.10. The topological polar surface area (TPSA) is 68.3 Å².